The smallest absolute Gasteiger partial charge is 0.338 e. The van der Waals surface area contributed by atoms with Crippen molar-refractivity contribution in [3.8, 4) is 0 Å². The summed E-state index contributed by atoms with van der Waals surface area (Å²) in [7, 11) is 0. The summed E-state index contributed by atoms with van der Waals surface area (Å²) in [6.45, 7) is 6.20. The van der Waals surface area contributed by atoms with E-state index in [0.29, 0.717) is 11.5 Å². The molecule has 0 atom stereocenters. The number of aryl methyl sites for hydroxylation is 1. The molecule has 0 aliphatic carbocycles. The third-order valence-corrected chi connectivity index (χ3v) is 3.27. The molecule has 1 rings (SSSR count). The van der Waals surface area contributed by atoms with E-state index in [1.165, 1.54) is 6.20 Å². The summed E-state index contributed by atoms with van der Waals surface area (Å²) >= 11 is 1.60. The van der Waals surface area contributed by atoms with E-state index in [-0.39, 0.29) is 0 Å². The molecule has 0 aliphatic rings. The summed E-state index contributed by atoms with van der Waals surface area (Å²) in [5, 5.41) is 9.01. The molecule has 1 heterocycles. The van der Waals surface area contributed by atoms with Crippen molar-refractivity contribution < 1.29 is 9.90 Å². The van der Waals surface area contributed by atoms with Gasteiger partial charge in [0, 0.05) is 16.8 Å². The van der Waals surface area contributed by atoms with Gasteiger partial charge < -0.3 is 5.11 Å². The Bertz CT molecular complexity index is 377. The lowest BCUT2D eigenvalue weighted by atomic mass is 10.2. The second kappa shape index (κ2) is 5.89. The van der Waals surface area contributed by atoms with Crippen LogP contribution in [0.2, 0.25) is 0 Å². The molecule has 16 heavy (non-hydrogen) atoms. The Balaban J connectivity index is 2.76. The van der Waals surface area contributed by atoms with Crippen LogP contribution >= 0.6 is 11.8 Å². The number of nitrogens with zero attached hydrogens (tertiary/aromatic N) is 1. The van der Waals surface area contributed by atoms with E-state index in [1.807, 2.05) is 13.0 Å². The normalized spacial score (nSPS) is 10.8. The second-order valence-electron chi connectivity index (χ2n) is 4.16. The van der Waals surface area contributed by atoms with Gasteiger partial charge in [0.2, 0.25) is 0 Å². The first-order valence-corrected chi connectivity index (χ1v) is 6.32. The fourth-order valence-electron chi connectivity index (χ4n) is 1.22. The Labute approximate surface area is 100 Å². The summed E-state index contributed by atoms with van der Waals surface area (Å²) in [5.74, 6) is 0.685. The minimum Gasteiger partial charge on any atom is -0.478 e. The predicted molar refractivity (Wildman–Crippen MR) is 66.1 cm³/mol. The number of carbonyl (C=O) groups is 1. The molecule has 0 amide bonds. The lowest BCUT2D eigenvalue weighted by Crippen LogP contribution is -2.01. The van der Waals surface area contributed by atoms with Gasteiger partial charge in [-0.05, 0) is 31.1 Å². The summed E-state index contributed by atoms with van der Waals surface area (Å²) in [4.78, 5) is 15.8. The third-order valence-electron chi connectivity index (χ3n) is 2.19. The number of thioether (sulfide) groups is 1. The van der Waals surface area contributed by atoms with Crippen LogP contribution in [-0.4, -0.2) is 21.8 Å². The average Bonchev–Trinajstić information content (AvgIpc) is 2.16. The van der Waals surface area contributed by atoms with Crippen molar-refractivity contribution in [1.29, 1.82) is 0 Å². The van der Waals surface area contributed by atoms with Gasteiger partial charge in [0.1, 0.15) is 0 Å². The molecule has 1 N–H and O–H groups in total. The molecule has 0 fully saturated rings. The van der Waals surface area contributed by atoms with Gasteiger partial charge in [-0.25, -0.2) is 4.79 Å². The van der Waals surface area contributed by atoms with Gasteiger partial charge in [-0.1, -0.05) is 13.8 Å². The molecule has 0 unspecified atom stereocenters. The summed E-state index contributed by atoms with van der Waals surface area (Å²) in [5.41, 5.74) is 1.16. The van der Waals surface area contributed by atoms with E-state index < -0.39 is 5.97 Å². The van der Waals surface area contributed by atoms with E-state index in [0.717, 1.165) is 22.8 Å². The number of aromatic carboxylic acids is 1. The van der Waals surface area contributed by atoms with Crippen molar-refractivity contribution in [1.82, 2.24) is 4.98 Å². The number of aromatic nitrogens is 1. The number of hydrogen-bond acceptors (Lipinski definition) is 3. The fourth-order valence-corrected chi connectivity index (χ4v) is 2.58. The maximum Gasteiger partial charge on any atom is 0.338 e. The zero-order chi connectivity index (χ0) is 12.1. The second-order valence-corrected chi connectivity index (χ2v) is 5.29. The SMILES string of the molecule is Cc1cc(SCCC(C)C)c(C(=O)O)cn1. The number of rotatable bonds is 5. The number of carboxylic acid groups (broad SMARTS) is 1. The minimum atomic E-state index is -0.903. The van der Waals surface area contributed by atoms with E-state index >= 15 is 0 Å². The highest BCUT2D eigenvalue weighted by Crippen LogP contribution is 2.24. The number of carboxylic acids is 1. The van der Waals surface area contributed by atoms with Gasteiger partial charge in [-0.3, -0.25) is 4.98 Å². The molecule has 0 spiro atoms. The van der Waals surface area contributed by atoms with E-state index in [1.54, 1.807) is 11.8 Å². The quantitative estimate of drug-likeness (QED) is 0.801. The van der Waals surface area contributed by atoms with Crippen LogP contribution in [0.4, 0.5) is 0 Å². The zero-order valence-corrected chi connectivity index (χ0v) is 10.7. The maximum absolute atomic E-state index is 11.0. The van der Waals surface area contributed by atoms with Gasteiger partial charge in [0.15, 0.2) is 0 Å². The first kappa shape index (κ1) is 13.0. The monoisotopic (exact) mass is 239 g/mol. The Kier molecular flexibility index (Phi) is 4.80. The van der Waals surface area contributed by atoms with E-state index in [2.05, 4.69) is 18.8 Å². The first-order chi connectivity index (χ1) is 7.50. The topological polar surface area (TPSA) is 50.2 Å². The summed E-state index contributed by atoms with van der Waals surface area (Å²) in [6, 6.07) is 1.84. The van der Waals surface area contributed by atoms with Crippen molar-refractivity contribution in [3.05, 3.63) is 23.5 Å². The molecular weight excluding hydrogens is 222 g/mol. The lowest BCUT2D eigenvalue weighted by molar-refractivity contribution is 0.0692. The van der Waals surface area contributed by atoms with Crippen molar-refractivity contribution >= 4 is 17.7 Å². The Morgan fingerprint density at radius 2 is 2.25 bits per heavy atom. The molecule has 4 heteroatoms. The van der Waals surface area contributed by atoms with Crippen LogP contribution in [0.25, 0.3) is 0 Å². The highest BCUT2D eigenvalue weighted by molar-refractivity contribution is 7.99. The highest BCUT2D eigenvalue weighted by Gasteiger charge is 2.11. The zero-order valence-electron chi connectivity index (χ0n) is 9.86. The van der Waals surface area contributed by atoms with Gasteiger partial charge in [-0.2, -0.15) is 0 Å². The molecule has 88 valence electrons. The standard InChI is InChI=1S/C12H17NO2S/c1-8(2)4-5-16-11-6-9(3)13-7-10(11)12(14)15/h6-8H,4-5H2,1-3H3,(H,14,15). The Hall–Kier alpha value is -1.03. The fraction of sp³-hybridized carbons (Fsp3) is 0.500. The van der Waals surface area contributed by atoms with Gasteiger partial charge >= 0.3 is 5.97 Å². The average molecular weight is 239 g/mol. The molecule has 0 radical (unpaired) electrons. The van der Waals surface area contributed by atoms with Crippen LogP contribution in [0, 0.1) is 12.8 Å². The molecule has 0 aliphatic heterocycles. The van der Waals surface area contributed by atoms with Crippen LogP contribution in [0.15, 0.2) is 17.2 Å². The maximum atomic E-state index is 11.0. The van der Waals surface area contributed by atoms with Crippen LogP contribution in [0.1, 0.15) is 36.3 Å². The number of hydrogen-bond donors (Lipinski definition) is 1. The Morgan fingerprint density at radius 1 is 1.56 bits per heavy atom. The van der Waals surface area contributed by atoms with Crippen LogP contribution < -0.4 is 0 Å². The molecule has 0 bridgehead atoms. The summed E-state index contributed by atoms with van der Waals surface area (Å²) < 4.78 is 0. The molecule has 0 saturated heterocycles. The van der Waals surface area contributed by atoms with Gasteiger partial charge in [0.25, 0.3) is 0 Å². The van der Waals surface area contributed by atoms with Crippen LogP contribution in [0.3, 0.4) is 0 Å². The summed E-state index contributed by atoms with van der Waals surface area (Å²) in [6.07, 6.45) is 2.53. The molecule has 0 aromatic carbocycles. The van der Waals surface area contributed by atoms with Crippen molar-refractivity contribution in [2.75, 3.05) is 5.75 Å². The van der Waals surface area contributed by atoms with Gasteiger partial charge in [-0.15, -0.1) is 11.8 Å². The van der Waals surface area contributed by atoms with Crippen LogP contribution in [-0.2, 0) is 0 Å². The molecular formula is C12H17NO2S. The largest absolute Gasteiger partial charge is 0.478 e. The van der Waals surface area contributed by atoms with Gasteiger partial charge in [0.05, 0.1) is 5.56 Å². The predicted octanol–water partition coefficient (Wildman–Crippen LogP) is 3.23. The lowest BCUT2D eigenvalue weighted by Gasteiger charge is -2.07. The molecule has 3 nitrogen and oxygen atoms in total. The highest BCUT2D eigenvalue weighted by atomic mass is 32.2. The first-order valence-electron chi connectivity index (χ1n) is 5.33. The minimum absolute atomic E-state index is 0.305. The number of pyridine rings is 1. The third kappa shape index (κ3) is 3.85. The Morgan fingerprint density at radius 3 is 2.81 bits per heavy atom. The van der Waals surface area contributed by atoms with Crippen molar-refractivity contribution in [2.45, 2.75) is 32.1 Å². The molecule has 1 aromatic rings. The van der Waals surface area contributed by atoms with E-state index in [4.69, 9.17) is 5.11 Å². The molecule has 1 aromatic heterocycles. The van der Waals surface area contributed by atoms with E-state index in [9.17, 15) is 4.79 Å². The van der Waals surface area contributed by atoms with Crippen molar-refractivity contribution in [3.63, 3.8) is 0 Å². The van der Waals surface area contributed by atoms with Crippen LogP contribution in [0.5, 0.6) is 0 Å². The van der Waals surface area contributed by atoms with Crippen molar-refractivity contribution in [2.24, 2.45) is 5.92 Å². The molecule has 0 saturated carbocycles.